The number of nitrogens with one attached hydrogen (secondary N) is 2. The third-order valence-electron chi connectivity index (χ3n) is 5.07. The third kappa shape index (κ3) is 5.25. The molecule has 6 N–H and O–H groups in total. The van der Waals surface area contributed by atoms with Gasteiger partial charge in [-0.3, -0.25) is 5.41 Å². The summed E-state index contributed by atoms with van der Waals surface area (Å²) < 4.78 is 5.89. The van der Waals surface area contributed by atoms with E-state index in [1.807, 2.05) is 49.4 Å². The molecule has 1 atom stereocenters. The molecule has 0 amide bonds. The summed E-state index contributed by atoms with van der Waals surface area (Å²) in [6, 6.07) is 19.0. The summed E-state index contributed by atoms with van der Waals surface area (Å²) in [5.74, 6) is -0.710. The summed E-state index contributed by atoms with van der Waals surface area (Å²) in [7, 11) is 0. The molecule has 3 rings (SSSR count). The zero-order chi connectivity index (χ0) is 23.1. The molecule has 0 fully saturated rings. The van der Waals surface area contributed by atoms with Crippen LogP contribution in [0.25, 0.3) is 11.1 Å². The number of hydrogen-bond acceptors (Lipinski definition) is 5. The van der Waals surface area contributed by atoms with E-state index >= 15 is 0 Å². The fourth-order valence-corrected chi connectivity index (χ4v) is 3.46. The highest BCUT2D eigenvalue weighted by Gasteiger charge is 2.27. The van der Waals surface area contributed by atoms with Gasteiger partial charge in [0.25, 0.3) is 0 Å². The molecular formula is C25H27N3O4. The minimum absolute atomic E-state index is 0.0396. The first-order valence-electron chi connectivity index (χ1n) is 10.3. The number of aliphatic hydroxyl groups is 1. The fourth-order valence-electron chi connectivity index (χ4n) is 3.46. The zero-order valence-electron chi connectivity index (χ0n) is 17.8. The first kappa shape index (κ1) is 22.8. The number of amidine groups is 1. The Morgan fingerprint density at radius 2 is 1.81 bits per heavy atom. The highest BCUT2D eigenvalue weighted by molar-refractivity contribution is 5.95. The van der Waals surface area contributed by atoms with Gasteiger partial charge in [0.1, 0.15) is 18.2 Å². The van der Waals surface area contributed by atoms with E-state index in [4.69, 9.17) is 15.9 Å². The van der Waals surface area contributed by atoms with Crippen molar-refractivity contribution in [1.82, 2.24) is 0 Å². The van der Waals surface area contributed by atoms with Gasteiger partial charge in [0.2, 0.25) is 0 Å². The number of nitrogen functional groups attached to an aromatic ring is 1. The molecule has 1 unspecified atom stereocenters. The van der Waals surface area contributed by atoms with Crippen LogP contribution in [0.15, 0.2) is 66.7 Å². The average Bonchev–Trinajstić information content (AvgIpc) is 2.81. The molecular weight excluding hydrogens is 406 g/mol. The predicted octanol–water partition coefficient (Wildman–Crippen LogP) is 3.81. The molecule has 166 valence electrons. The van der Waals surface area contributed by atoms with Gasteiger partial charge in [0, 0.05) is 22.4 Å². The molecule has 0 bridgehead atoms. The van der Waals surface area contributed by atoms with E-state index in [2.05, 4.69) is 5.32 Å². The lowest BCUT2D eigenvalue weighted by atomic mass is 9.93. The van der Waals surface area contributed by atoms with Crippen molar-refractivity contribution in [2.24, 2.45) is 5.73 Å². The second kappa shape index (κ2) is 10.5. The smallest absolute Gasteiger partial charge is 0.330 e. The second-order valence-corrected chi connectivity index (χ2v) is 7.26. The van der Waals surface area contributed by atoms with Crippen LogP contribution >= 0.6 is 0 Å². The Bertz CT molecular complexity index is 1080. The molecule has 0 aromatic heterocycles. The molecule has 3 aromatic carbocycles. The third-order valence-corrected chi connectivity index (χ3v) is 5.07. The fraction of sp³-hybridized carbons (Fsp3) is 0.200. The Balaban J connectivity index is 2.12. The summed E-state index contributed by atoms with van der Waals surface area (Å²) in [5.41, 5.74) is 9.73. The van der Waals surface area contributed by atoms with Crippen molar-refractivity contribution >= 4 is 17.5 Å². The molecule has 0 radical (unpaired) electrons. The first-order chi connectivity index (χ1) is 15.4. The number of benzene rings is 3. The summed E-state index contributed by atoms with van der Waals surface area (Å²) in [4.78, 5) is 12.3. The second-order valence-electron chi connectivity index (χ2n) is 7.26. The topological polar surface area (TPSA) is 129 Å². The monoisotopic (exact) mass is 433 g/mol. The van der Waals surface area contributed by atoms with Crippen LogP contribution in [0.4, 0.5) is 5.69 Å². The summed E-state index contributed by atoms with van der Waals surface area (Å²) in [5, 5.41) is 30.0. The normalized spacial score (nSPS) is 11.6. The quantitative estimate of drug-likeness (QED) is 0.244. The van der Waals surface area contributed by atoms with Gasteiger partial charge >= 0.3 is 5.97 Å². The molecule has 0 aliphatic rings. The number of anilines is 1. The first-order valence-corrected chi connectivity index (χ1v) is 10.3. The number of hydrogen-bond donors (Lipinski definition) is 5. The Kier molecular flexibility index (Phi) is 7.46. The number of carboxylic acid groups (broad SMARTS) is 1. The zero-order valence-corrected chi connectivity index (χ0v) is 17.8. The van der Waals surface area contributed by atoms with E-state index in [0.29, 0.717) is 29.0 Å². The van der Waals surface area contributed by atoms with Crippen molar-refractivity contribution in [1.29, 1.82) is 5.41 Å². The van der Waals surface area contributed by atoms with Gasteiger partial charge in [-0.15, -0.1) is 0 Å². The predicted molar refractivity (Wildman–Crippen MR) is 125 cm³/mol. The van der Waals surface area contributed by atoms with E-state index in [9.17, 15) is 15.0 Å². The average molecular weight is 434 g/mol. The number of aliphatic carboxylic acids is 1. The maximum Gasteiger partial charge on any atom is 0.330 e. The summed E-state index contributed by atoms with van der Waals surface area (Å²) in [6.45, 7) is 1.85. The van der Waals surface area contributed by atoms with E-state index in [1.54, 1.807) is 24.3 Å². The van der Waals surface area contributed by atoms with Crippen molar-refractivity contribution in [3.8, 4) is 16.9 Å². The van der Waals surface area contributed by atoms with Crippen LogP contribution in [-0.2, 0) is 11.2 Å². The van der Waals surface area contributed by atoms with Crippen LogP contribution in [0.1, 0.15) is 29.7 Å². The van der Waals surface area contributed by atoms with Crippen LogP contribution in [0.2, 0.25) is 0 Å². The van der Waals surface area contributed by atoms with Gasteiger partial charge in [-0.25, -0.2) is 4.79 Å². The van der Waals surface area contributed by atoms with Crippen molar-refractivity contribution in [2.45, 2.75) is 19.4 Å². The SMILES string of the molecule is CCc1cc(-c2ccccc2)c(OCCO)c(C(Nc2ccc(C(=N)N)cc2)C(=O)O)c1. The molecule has 7 nitrogen and oxygen atoms in total. The Labute approximate surface area is 187 Å². The summed E-state index contributed by atoms with van der Waals surface area (Å²) >= 11 is 0. The molecule has 0 saturated heterocycles. The van der Waals surface area contributed by atoms with Gasteiger partial charge in [-0.1, -0.05) is 37.3 Å². The molecule has 0 spiro atoms. The minimum atomic E-state index is -1.10. The van der Waals surface area contributed by atoms with Crippen molar-refractivity contribution in [3.05, 3.63) is 83.4 Å². The number of aliphatic hydroxyl groups excluding tert-OH is 1. The van der Waals surface area contributed by atoms with Gasteiger partial charge < -0.3 is 26.0 Å². The lowest BCUT2D eigenvalue weighted by Gasteiger charge is -2.23. The number of carbonyl (C=O) groups is 1. The number of aryl methyl sites for hydroxylation is 1. The number of rotatable bonds is 10. The summed E-state index contributed by atoms with van der Waals surface area (Å²) in [6.07, 6.45) is 0.715. The van der Waals surface area contributed by atoms with E-state index in [-0.39, 0.29) is 19.0 Å². The lowest BCUT2D eigenvalue weighted by Crippen LogP contribution is -2.22. The van der Waals surface area contributed by atoms with Crippen LogP contribution in [0.5, 0.6) is 5.75 Å². The molecule has 0 aliphatic heterocycles. The number of carboxylic acids is 1. The maximum absolute atomic E-state index is 12.3. The standard InChI is InChI=1S/C25H27N3O4/c1-2-16-14-20(17-6-4-3-5-7-17)23(32-13-12-29)21(15-16)22(25(30)31)28-19-10-8-18(9-11-19)24(26)27/h3-11,14-15,22,28-29H,2,12-13H2,1H3,(H3,26,27)(H,30,31). The highest BCUT2D eigenvalue weighted by Crippen LogP contribution is 2.39. The molecule has 32 heavy (non-hydrogen) atoms. The number of ether oxygens (including phenoxy) is 1. The van der Waals surface area contributed by atoms with E-state index in [1.165, 1.54) is 0 Å². The van der Waals surface area contributed by atoms with Gasteiger partial charge in [0.05, 0.1) is 6.61 Å². The van der Waals surface area contributed by atoms with Gasteiger partial charge in [-0.05, 0) is 53.9 Å². The highest BCUT2D eigenvalue weighted by atomic mass is 16.5. The minimum Gasteiger partial charge on any atom is -0.490 e. The maximum atomic E-state index is 12.3. The lowest BCUT2D eigenvalue weighted by molar-refractivity contribution is -0.138. The van der Waals surface area contributed by atoms with E-state index < -0.39 is 12.0 Å². The van der Waals surface area contributed by atoms with Crippen LogP contribution < -0.4 is 15.8 Å². The van der Waals surface area contributed by atoms with Crippen molar-refractivity contribution < 1.29 is 19.7 Å². The van der Waals surface area contributed by atoms with Gasteiger partial charge in [0.15, 0.2) is 6.04 Å². The molecule has 0 heterocycles. The Morgan fingerprint density at radius 1 is 1.12 bits per heavy atom. The van der Waals surface area contributed by atoms with Crippen LogP contribution in [0.3, 0.4) is 0 Å². The molecule has 0 saturated carbocycles. The van der Waals surface area contributed by atoms with Crippen molar-refractivity contribution in [2.75, 3.05) is 18.5 Å². The molecule has 0 aliphatic carbocycles. The van der Waals surface area contributed by atoms with Crippen molar-refractivity contribution in [3.63, 3.8) is 0 Å². The Morgan fingerprint density at radius 3 is 2.38 bits per heavy atom. The largest absolute Gasteiger partial charge is 0.490 e. The van der Waals surface area contributed by atoms with E-state index in [0.717, 1.165) is 16.7 Å². The van der Waals surface area contributed by atoms with Gasteiger partial charge in [-0.2, -0.15) is 0 Å². The molecule has 3 aromatic rings. The van der Waals surface area contributed by atoms with Crippen LogP contribution in [-0.4, -0.2) is 35.2 Å². The molecule has 7 heteroatoms. The van der Waals surface area contributed by atoms with Crippen LogP contribution in [0, 0.1) is 5.41 Å². The number of nitrogens with two attached hydrogens (primary N) is 1. The Hall–Kier alpha value is -3.84.